The van der Waals surface area contributed by atoms with E-state index in [4.69, 9.17) is 0 Å². The van der Waals surface area contributed by atoms with Crippen LogP contribution in [-0.4, -0.2) is 32.2 Å². The molecule has 124 valence electrons. The normalized spacial score (nSPS) is 13.2. The lowest BCUT2D eigenvalue weighted by atomic mass is 10.2. The summed E-state index contributed by atoms with van der Waals surface area (Å²) in [5.74, 6) is -0.137. The number of carbonyl (C=O) groups is 1. The first-order valence-electron chi connectivity index (χ1n) is 7.55. The Bertz CT molecular complexity index is 854. The molecule has 7 nitrogen and oxygen atoms in total. The summed E-state index contributed by atoms with van der Waals surface area (Å²) < 4.78 is 1.99. The van der Waals surface area contributed by atoms with E-state index in [1.165, 1.54) is 0 Å². The van der Waals surface area contributed by atoms with Crippen molar-refractivity contribution in [3.8, 4) is 0 Å². The molecule has 0 radical (unpaired) electrons. The minimum atomic E-state index is -0.137. The number of benzene rings is 1. The van der Waals surface area contributed by atoms with E-state index in [0.717, 1.165) is 36.5 Å². The molecule has 0 fully saturated rings. The van der Waals surface area contributed by atoms with Gasteiger partial charge in [0.15, 0.2) is 0 Å². The summed E-state index contributed by atoms with van der Waals surface area (Å²) in [7, 11) is 0. The second-order valence-corrected chi connectivity index (χ2v) is 5.47. The predicted octanol–water partition coefficient (Wildman–Crippen LogP) is 1.28. The molecule has 1 aliphatic heterocycles. The molecule has 2 aromatic heterocycles. The van der Waals surface area contributed by atoms with E-state index >= 15 is 0 Å². The van der Waals surface area contributed by atoms with Crippen LogP contribution in [0.1, 0.15) is 21.7 Å². The average molecular weight is 345 g/mol. The van der Waals surface area contributed by atoms with Gasteiger partial charge in [0.2, 0.25) is 0 Å². The third kappa shape index (κ3) is 3.22. The Morgan fingerprint density at radius 3 is 2.88 bits per heavy atom. The van der Waals surface area contributed by atoms with Crippen molar-refractivity contribution >= 4 is 29.3 Å². The Balaban J connectivity index is 0.00000169. The Labute approximate surface area is 144 Å². The molecule has 4 rings (SSSR count). The molecular formula is C16H17ClN6O. The number of fused-ring (bicyclic) bond motifs is 2. The molecule has 24 heavy (non-hydrogen) atoms. The van der Waals surface area contributed by atoms with Crippen molar-refractivity contribution in [1.82, 2.24) is 30.4 Å². The van der Waals surface area contributed by atoms with Crippen LogP contribution in [-0.2, 0) is 19.6 Å². The highest BCUT2D eigenvalue weighted by molar-refractivity contribution is 5.97. The van der Waals surface area contributed by atoms with Crippen molar-refractivity contribution in [2.75, 3.05) is 6.54 Å². The van der Waals surface area contributed by atoms with Crippen LogP contribution < -0.4 is 10.6 Å². The number of amides is 1. The van der Waals surface area contributed by atoms with Crippen LogP contribution in [0.2, 0.25) is 0 Å². The van der Waals surface area contributed by atoms with E-state index in [0.29, 0.717) is 17.6 Å². The van der Waals surface area contributed by atoms with E-state index in [2.05, 4.69) is 25.7 Å². The molecule has 0 saturated heterocycles. The summed E-state index contributed by atoms with van der Waals surface area (Å²) in [6, 6.07) is 7.34. The molecule has 2 N–H and O–H groups in total. The van der Waals surface area contributed by atoms with Gasteiger partial charge in [0.25, 0.3) is 5.91 Å². The number of nitrogens with one attached hydrogen (secondary N) is 2. The van der Waals surface area contributed by atoms with Gasteiger partial charge in [0.05, 0.1) is 35.5 Å². The molecule has 0 aliphatic carbocycles. The second-order valence-electron chi connectivity index (χ2n) is 5.47. The van der Waals surface area contributed by atoms with Crippen molar-refractivity contribution in [1.29, 1.82) is 0 Å². The third-order valence-corrected chi connectivity index (χ3v) is 3.88. The van der Waals surface area contributed by atoms with Gasteiger partial charge in [-0.05, 0) is 24.3 Å². The summed E-state index contributed by atoms with van der Waals surface area (Å²) in [4.78, 5) is 20.7. The van der Waals surface area contributed by atoms with Gasteiger partial charge < -0.3 is 10.6 Å². The summed E-state index contributed by atoms with van der Waals surface area (Å²) in [6.45, 7) is 3.03. The number of rotatable bonds is 3. The van der Waals surface area contributed by atoms with E-state index in [-0.39, 0.29) is 18.3 Å². The molecule has 3 aromatic rings. The monoisotopic (exact) mass is 344 g/mol. The molecular weight excluding hydrogens is 328 g/mol. The van der Waals surface area contributed by atoms with E-state index in [9.17, 15) is 4.79 Å². The largest absolute Gasteiger partial charge is 0.346 e. The number of hydrogen-bond donors (Lipinski definition) is 2. The number of halogens is 1. The van der Waals surface area contributed by atoms with E-state index < -0.39 is 0 Å². The number of carbonyl (C=O) groups excluding carboxylic acids is 1. The summed E-state index contributed by atoms with van der Waals surface area (Å²) in [5, 5.41) is 10.7. The first-order chi connectivity index (χ1) is 11.3. The van der Waals surface area contributed by atoms with E-state index in [1.54, 1.807) is 30.6 Å². The highest BCUT2D eigenvalue weighted by atomic mass is 35.5. The Morgan fingerprint density at radius 1 is 1.21 bits per heavy atom. The van der Waals surface area contributed by atoms with Gasteiger partial charge in [-0.25, -0.2) is 0 Å². The molecule has 3 heterocycles. The van der Waals surface area contributed by atoms with Gasteiger partial charge in [-0.15, -0.1) is 12.4 Å². The number of aromatic nitrogens is 4. The van der Waals surface area contributed by atoms with Crippen LogP contribution in [0.25, 0.3) is 11.0 Å². The summed E-state index contributed by atoms with van der Waals surface area (Å²) >= 11 is 0. The highest BCUT2D eigenvalue weighted by Crippen LogP contribution is 2.11. The van der Waals surface area contributed by atoms with Crippen molar-refractivity contribution in [3.63, 3.8) is 0 Å². The fourth-order valence-electron chi connectivity index (χ4n) is 2.72. The van der Waals surface area contributed by atoms with Gasteiger partial charge in [0.1, 0.15) is 0 Å². The first kappa shape index (κ1) is 16.4. The predicted molar refractivity (Wildman–Crippen MR) is 91.9 cm³/mol. The van der Waals surface area contributed by atoms with Crippen LogP contribution in [0, 0.1) is 0 Å². The van der Waals surface area contributed by atoms with Crippen LogP contribution in [0.5, 0.6) is 0 Å². The fraction of sp³-hybridized carbons (Fsp3) is 0.250. The Morgan fingerprint density at radius 2 is 2.04 bits per heavy atom. The van der Waals surface area contributed by atoms with Crippen LogP contribution in [0.15, 0.2) is 36.7 Å². The fourth-order valence-corrected chi connectivity index (χ4v) is 2.72. The lowest BCUT2D eigenvalue weighted by Crippen LogP contribution is -2.28. The lowest BCUT2D eigenvalue weighted by molar-refractivity contribution is 0.0950. The molecule has 0 saturated carbocycles. The van der Waals surface area contributed by atoms with Gasteiger partial charge >= 0.3 is 0 Å². The summed E-state index contributed by atoms with van der Waals surface area (Å²) in [5.41, 5.74) is 4.09. The number of nitrogens with zero attached hydrogens (tertiary/aromatic N) is 4. The molecule has 0 unspecified atom stereocenters. The number of hydrogen-bond acceptors (Lipinski definition) is 5. The molecule has 0 spiro atoms. The maximum absolute atomic E-state index is 12.3. The van der Waals surface area contributed by atoms with Crippen LogP contribution in [0.4, 0.5) is 0 Å². The quantitative estimate of drug-likeness (QED) is 0.747. The lowest BCUT2D eigenvalue weighted by Gasteiger charge is -2.13. The van der Waals surface area contributed by atoms with Gasteiger partial charge in [-0.3, -0.25) is 19.4 Å². The minimum Gasteiger partial charge on any atom is -0.346 e. The van der Waals surface area contributed by atoms with Crippen LogP contribution in [0.3, 0.4) is 0 Å². The second kappa shape index (κ2) is 6.94. The highest BCUT2D eigenvalue weighted by Gasteiger charge is 2.13. The van der Waals surface area contributed by atoms with Crippen LogP contribution >= 0.6 is 12.4 Å². The molecule has 0 atom stereocenters. The van der Waals surface area contributed by atoms with Crippen molar-refractivity contribution < 1.29 is 4.79 Å². The summed E-state index contributed by atoms with van der Waals surface area (Å²) in [6.07, 6.45) is 3.26. The Hall–Kier alpha value is -2.51. The van der Waals surface area contributed by atoms with Crippen molar-refractivity contribution in [2.24, 2.45) is 0 Å². The molecule has 1 aliphatic rings. The smallest absolute Gasteiger partial charge is 0.251 e. The topological polar surface area (TPSA) is 84.7 Å². The average Bonchev–Trinajstić information content (AvgIpc) is 3.02. The molecule has 1 aromatic carbocycles. The minimum absolute atomic E-state index is 0. The van der Waals surface area contributed by atoms with Gasteiger partial charge in [-0.1, -0.05) is 0 Å². The SMILES string of the molecule is Cl.O=C(NCc1cc2n(n1)CCNC2)c1ccc2nccnc2c1. The van der Waals surface area contributed by atoms with Gasteiger partial charge in [-0.2, -0.15) is 5.10 Å². The zero-order valence-corrected chi connectivity index (χ0v) is 13.7. The maximum Gasteiger partial charge on any atom is 0.251 e. The third-order valence-electron chi connectivity index (χ3n) is 3.88. The van der Waals surface area contributed by atoms with E-state index in [1.807, 2.05) is 10.7 Å². The maximum atomic E-state index is 12.3. The van der Waals surface area contributed by atoms with Crippen molar-refractivity contribution in [2.45, 2.75) is 19.6 Å². The zero-order chi connectivity index (χ0) is 15.6. The standard InChI is InChI=1S/C16H16N6O.ClH/c23-16(11-1-2-14-15(7-11)19-4-3-18-14)20-9-12-8-13-10-17-5-6-22(13)21-12;/h1-4,7-8,17H,5-6,9-10H2,(H,20,23);1H. The molecule has 8 heteroatoms. The molecule has 1 amide bonds. The molecule has 0 bridgehead atoms. The Kier molecular flexibility index (Phi) is 4.73. The van der Waals surface area contributed by atoms with Gasteiger partial charge in [0, 0.05) is 31.0 Å². The van der Waals surface area contributed by atoms with Crippen molar-refractivity contribution in [3.05, 3.63) is 53.6 Å². The first-order valence-corrected chi connectivity index (χ1v) is 7.55. The zero-order valence-electron chi connectivity index (χ0n) is 12.9.